The van der Waals surface area contributed by atoms with Crippen molar-refractivity contribution < 1.29 is 13.2 Å². The standard InChI is InChI=1S/C19H22N2O3S/c1-4-13-20-19(22)16-9-11-17(12-10-16)25(23,24)21-18-14(3)7-6-8-15(18)5-2/h4,6-12,21H,1,5,13H2,2-3H3,(H,20,22). The number of aryl methyl sites for hydroxylation is 2. The van der Waals surface area contributed by atoms with Crippen molar-refractivity contribution in [1.82, 2.24) is 5.32 Å². The number of carbonyl (C=O) groups excluding carboxylic acids is 1. The van der Waals surface area contributed by atoms with Crippen molar-refractivity contribution in [2.24, 2.45) is 0 Å². The lowest BCUT2D eigenvalue weighted by Gasteiger charge is -2.14. The first kappa shape index (κ1) is 18.7. The lowest BCUT2D eigenvalue weighted by atomic mass is 10.1. The monoisotopic (exact) mass is 358 g/mol. The van der Waals surface area contributed by atoms with Crippen molar-refractivity contribution in [3.05, 3.63) is 71.8 Å². The highest BCUT2D eigenvalue weighted by Crippen LogP contribution is 2.24. The van der Waals surface area contributed by atoms with E-state index in [1.54, 1.807) is 6.08 Å². The largest absolute Gasteiger partial charge is 0.349 e. The van der Waals surface area contributed by atoms with E-state index >= 15 is 0 Å². The Morgan fingerprint density at radius 3 is 2.44 bits per heavy atom. The minimum atomic E-state index is -3.73. The predicted octanol–water partition coefficient (Wildman–Crippen LogP) is 3.27. The van der Waals surface area contributed by atoms with Crippen molar-refractivity contribution in [3.63, 3.8) is 0 Å². The summed E-state index contributed by atoms with van der Waals surface area (Å²) in [5.41, 5.74) is 2.80. The number of hydrogen-bond acceptors (Lipinski definition) is 3. The molecule has 0 bridgehead atoms. The van der Waals surface area contributed by atoms with E-state index in [-0.39, 0.29) is 10.8 Å². The van der Waals surface area contributed by atoms with E-state index in [1.165, 1.54) is 24.3 Å². The molecule has 2 rings (SSSR count). The zero-order chi connectivity index (χ0) is 18.4. The smallest absolute Gasteiger partial charge is 0.261 e. The van der Waals surface area contributed by atoms with Crippen molar-refractivity contribution in [1.29, 1.82) is 0 Å². The minimum absolute atomic E-state index is 0.109. The zero-order valence-corrected chi connectivity index (χ0v) is 15.2. The molecule has 6 heteroatoms. The summed E-state index contributed by atoms with van der Waals surface area (Å²) in [5.74, 6) is -0.274. The van der Waals surface area contributed by atoms with Gasteiger partial charge in [0, 0.05) is 12.1 Å². The Balaban J connectivity index is 2.26. The average Bonchev–Trinajstić information content (AvgIpc) is 2.61. The average molecular weight is 358 g/mol. The number of benzene rings is 2. The van der Waals surface area contributed by atoms with Crippen LogP contribution in [0.5, 0.6) is 0 Å². The van der Waals surface area contributed by atoms with E-state index in [0.29, 0.717) is 17.8 Å². The minimum Gasteiger partial charge on any atom is -0.349 e. The summed E-state index contributed by atoms with van der Waals surface area (Å²) in [5, 5.41) is 2.65. The van der Waals surface area contributed by atoms with Crippen molar-refractivity contribution in [2.75, 3.05) is 11.3 Å². The topological polar surface area (TPSA) is 75.3 Å². The summed E-state index contributed by atoms with van der Waals surface area (Å²) < 4.78 is 28.0. The summed E-state index contributed by atoms with van der Waals surface area (Å²) in [6.45, 7) is 7.73. The van der Waals surface area contributed by atoms with Gasteiger partial charge in [-0.3, -0.25) is 9.52 Å². The molecule has 0 saturated carbocycles. The Kier molecular flexibility index (Phi) is 5.98. The van der Waals surface area contributed by atoms with Crippen LogP contribution < -0.4 is 10.0 Å². The molecular formula is C19H22N2O3S. The van der Waals surface area contributed by atoms with Crippen LogP contribution in [0.25, 0.3) is 0 Å². The first-order valence-corrected chi connectivity index (χ1v) is 9.47. The Morgan fingerprint density at radius 1 is 1.16 bits per heavy atom. The van der Waals surface area contributed by atoms with Gasteiger partial charge in [0.2, 0.25) is 0 Å². The van der Waals surface area contributed by atoms with Gasteiger partial charge in [0.15, 0.2) is 0 Å². The molecule has 2 aromatic carbocycles. The molecule has 0 radical (unpaired) electrons. The Hall–Kier alpha value is -2.60. The maximum atomic E-state index is 12.7. The van der Waals surface area contributed by atoms with E-state index in [0.717, 1.165) is 17.5 Å². The molecule has 2 N–H and O–H groups in total. The highest BCUT2D eigenvalue weighted by Gasteiger charge is 2.17. The van der Waals surface area contributed by atoms with Gasteiger partial charge in [-0.2, -0.15) is 0 Å². The third-order valence-corrected chi connectivity index (χ3v) is 5.18. The molecule has 0 aliphatic carbocycles. The van der Waals surface area contributed by atoms with Crippen LogP contribution in [-0.4, -0.2) is 20.9 Å². The highest BCUT2D eigenvalue weighted by atomic mass is 32.2. The lowest BCUT2D eigenvalue weighted by Crippen LogP contribution is -2.23. The van der Waals surface area contributed by atoms with Crippen LogP contribution in [0.2, 0.25) is 0 Å². The number of sulfonamides is 1. The molecule has 0 aromatic heterocycles. The predicted molar refractivity (Wildman–Crippen MR) is 100 cm³/mol. The molecule has 0 saturated heterocycles. The Labute approximate surface area is 148 Å². The Bertz CT molecular complexity index is 872. The van der Waals surface area contributed by atoms with Crippen LogP contribution in [0.1, 0.15) is 28.4 Å². The fourth-order valence-electron chi connectivity index (χ4n) is 2.41. The van der Waals surface area contributed by atoms with Gasteiger partial charge in [-0.05, 0) is 48.7 Å². The maximum absolute atomic E-state index is 12.7. The summed E-state index contributed by atoms with van der Waals surface area (Å²) in [4.78, 5) is 12.0. The molecule has 0 spiro atoms. The van der Waals surface area contributed by atoms with Crippen LogP contribution in [0, 0.1) is 6.92 Å². The fourth-order valence-corrected chi connectivity index (χ4v) is 3.59. The molecule has 2 aromatic rings. The van der Waals surface area contributed by atoms with Gasteiger partial charge in [-0.1, -0.05) is 31.2 Å². The second-order valence-corrected chi connectivity index (χ2v) is 7.27. The number of anilines is 1. The third kappa shape index (κ3) is 4.48. The molecule has 132 valence electrons. The first-order chi connectivity index (χ1) is 11.9. The second-order valence-electron chi connectivity index (χ2n) is 5.59. The molecule has 0 aliphatic rings. The number of para-hydroxylation sites is 1. The van der Waals surface area contributed by atoms with Gasteiger partial charge in [-0.15, -0.1) is 6.58 Å². The van der Waals surface area contributed by atoms with Gasteiger partial charge in [0.1, 0.15) is 0 Å². The number of carbonyl (C=O) groups is 1. The van der Waals surface area contributed by atoms with Gasteiger partial charge in [-0.25, -0.2) is 8.42 Å². The summed E-state index contributed by atoms with van der Waals surface area (Å²) in [7, 11) is -3.73. The van der Waals surface area contributed by atoms with Gasteiger partial charge >= 0.3 is 0 Å². The Morgan fingerprint density at radius 2 is 1.84 bits per heavy atom. The van der Waals surface area contributed by atoms with Gasteiger partial charge in [0.25, 0.3) is 15.9 Å². The van der Waals surface area contributed by atoms with Gasteiger partial charge < -0.3 is 5.32 Å². The zero-order valence-electron chi connectivity index (χ0n) is 14.4. The van der Waals surface area contributed by atoms with Crippen molar-refractivity contribution in [3.8, 4) is 0 Å². The quantitative estimate of drug-likeness (QED) is 0.746. The van der Waals surface area contributed by atoms with Gasteiger partial charge in [0.05, 0.1) is 10.6 Å². The number of amides is 1. The van der Waals surface area contributed by atoms with E-state index in [2.05, 4.69) is 16.6 Å². The highest BCUT2D eigenvalue weighted by molar-refractivity contribution is 7.92. The van der Waals surface area contributed by atoms with Crippen LogP contribution in [0.15, 0.2) is 60.0 Å². The molecule has 0 atom stereocenters. The number of hydrogen-bond donors (Lipinski definition) is 2. The van der Waals surface area contributed by atoms with E-state index < -0.39 is 10.0 Å². The molecule has 0 unspecified atom stereocenters. The summed E-state index contributed by atoms with van der Waals surface area (Å²) in [6, 6.07) is 11.5. The number of rotatable bonds is 7. The molecule has 5 nitrogen and oxygen atoms in total. The van der Waals surface area contributed by atoms with Crippen LogP contribution >= 0.6 is 0 Å². The third-order valence-electron chi connectivity index (χ3n) is 3.81. The molecule has 1 amide bonds. The molecule has 0 fully saturated rings. The van der Waals surface area contributed by atoms with Crippen molar-refractivity contribution in [2.45, 2.75) is 25.2 Å². The normalized spacial score (nSPS) is 11.0. The second kappa shape index (κ2) is 7.98. The summed E-state index contributed by atoms with van der Waals surface area (Å²) in [6.07, 6.45) is 2.30. The number of nitrogens with one attached hydrogen (secondary N) is 2. The molecular weight excluding hydrogens is 336 g/mol. The van der Waals surface area contributed by atoms with E-state index in [4.69, 9.17) is 0 Å². The van der Waals surface area contributed by atoms with E-state index in [1.807, 2.05) is 32.0 Å². The molecule has 0 aliphatic heterocycles. The first-order valence-electron chi connectivity index (χ1n) is 7.99. The van der Waals surface area contributed by atoms with Crippen molar-refractivity contribution >= 4 is 21.6 Å². The van der Waals surface area contributed by atoms with E-state index in [9.17, 15) is 13.2 Å². The SMILES string of the molecule is C=CCNC(=O)c1ccc(S(=O)(=O)Nc2c(C)cccc2CC)cc1. The summed E-state index contributed by atoms with van der Waals surface area (Å²) >= 11 is 0. The maximum Gasteiger partial charge on any atom is 0.261 e. The fraction of sp³-hybridized carbons (Fsp3) is 0.211. The lowest BCUT2D eigenvalue weighted by molar-refractivity contribution is 0.0958. The molecule has 0 heterocycles. The van der Waals surface area contributed by atoms with Crippen LogP contribution in [-0.2, 0) is 16.4 Å². The molecule has 25 heavy (non-hydrogen) atoms. The van der Waals surface area contributed by atoms with Crippen LogP contribution in [0.4, 0.5) is 5.69 Å². The van der Waals surface area contributed by atoms with Crippen LogP contribution in [0.3, 0.4) is 0 Å².